The Kier molecular flexibility index (Phi) is 6.67. The number of halogens is 1. The number of esters is 1. The summed E-state index contributed by atoms with van der Waals surface area (Å²) in [5.41, 5.74) is 0.396. The van der Waals surface area contributed by atoms with Crippen molar-refractivity contribution in [3.63, 3.8) is 0 Å². The first-order valence-electron chi connectivity index (χ1n) is 9.89. The minimum Gasteiger partial charge on any atom is -0.480 e. The highest BCUT2D eigenvalue weighted by Gasteiger charge is 2.57. The molecule has 0 amide bonds. The van der Waals surface area contributed by atoms with Gasteiger partial charge >= 0.3 is 11.9 Å². The van der Waals surface area contributed by atoms with E-state index in [0.29, 0.717) is 21.8 Å². The molecule has 2 aromatic rings. The number of nitrogens with zero attached hydrogens (tertiary/aromatic N) is 1. The lowest BCUT2D eigenvalue weighted by Crippen LogP contribution is -2.59. The number of carbonyl (C=O) groups is 2. The third-order valence-electron chi connectivity index (χ3n) is 5.72. The summed E-state index contributed by atoms with van der Waals surface area (Å²) in [5, 5.41) is 23.0. The Labute approximate surface area is 186 Å². The van der Waals surface area contributed by atoms with Crippen LogP contribution in [0.3, 0.4) is 0 Å². The quantitative estimate of drug-likeness (QED) is 0.518. The largest absolute Gasteiger partial charge is 0.480 e. The second-order valence-electron chi connectivity index (χ2n) is 7.48. The van der Waals surface area contributed by atoms with Crippen LogP contribution in [0.2, 0.25) is 5.02 Å². The van der Waals surface area contributed by atoms with Gasteiger partial charge in [0.25, 0.3) is 0 Å². The molecule has 0 radical (unpaired) electrons. The van der Waals surface area contributed by atoms with Gasteiger partial charge in [0.2, 0.25) is 0 Å². The van der Waals surface area contributed by atoms with Crippen molar-refractivity contribution in [1.29, 1.82) is 5.26 Å². The highest BCUT2D eigenvalue weighted by molar-refractivity contribution is 6.30. The van der Waals surface area contributed by atoms with Gasteiger partial charge in [-0.05, 0) is 37.1 Å². The van der Waals surface area contributed by atoms with Crippen molar-refractivity contribution in [3.05, 3.63) is 82.0 Å². The summed E-state index contributed by atoms with van der Waals surface area (Å²) in [6.45, 7) is 3.45. The summed E-state index contributed by atoms with van der Waals surface area (Å²) in [5.74, 6) is -2.59. The maximum atomic E-state index is 13.1. The third-order valence-corrected chi connectivity index (χ3v) is 5.95. The van der Waals surface area contributed by atoms with Gasteiger partial charge in [0.15, 0.2) is 0 Å². The van der Waals surface area contributed by atoms with Crippen LogP contribution in [0, 0.1) is 11.3 Å². The van der Waals surface area contributed by atoms with Gasteiger partial charge in [0.05, 0.1) is 18.1 Å². The average Bonchev–Trinajstić information content (AvgIpc) is 2.73. The third kappa shape index (κ3) is 4.01. The van der Waals surface area contributed by atoms with E-state index in [-0.39, 0.29) is 18.6 Å². The maximum Gasteiger partial charge on any atom is 0.336 e. The molecule has 0 fully saturated rings. The summed E-state index contributed by atoms with van der Waals surface area (Å²) < 4.78 is 5.33. The molecular formula is C24H23ClN2O4. The summed E-state index contributed by atoms with van der Waals surface area (Å²) in [7, 11) is 0. The van der Waals surface area contributed by atoms with Gasteiger partial charge in [-0.2, -0.15) is 5.26 Å². The number of hydrogen-bond donors (Lipinski definition) is 2. The van der Waals surface area contributed by atoms with E-state index in [4.69, 9.17) is 21.6 Å². The number of carbonyl (C=O) groups excluding carboxylic acids is 1. The first-order chi connectivity index (χ1) is 14.8. The van der Waals surface area contributed by atoms with Crippen LogP contribution in [-0.2, 0) is 19.7 Å². The van der Waals surface area contributed by atoms with Gasteiger partial charge in [-0.3, -0.25) is 4.79 Å². The van der Waals surface area contributed by atoms with Crippen LogP contribution in [0.1, 0.15) is 37.3 Å². The zero-order valence-electron chi connectivity index (χ0n) is 17.3. The van der Waals surface area contributed by atoms with Crippen molar-refractivity contribution in [3.8, 4) is 6.07 Å². The number of hydrogen-bond acceptors (Lipinski definition) is 5. The average molecular weight is 439 g/mol. The number of ether oxygens (including phenoxy) is 1. The number of allylic oxidation sites excluding steroid dienone is 1. The molecule has 6 nitrogen and oxygen atoms in total. The van der Waals surface area contributed by atoms with Crippen LogP contribution >= 0.6 is 11.6 Å². The molecule has 0 saturated heterocycles. The molecule has 0 bridgehead atoms. The Balaban J connectivity index is 2.30. The number of aliphatic carboxylic acids is 1. The molecule has 3 rings (SSSR count). The van der Waals surface area contributed by atoms with Gasteiger partial charge in [0.1, 0.15) is 12.0 Å². The van der Waals surface area contributed by atoms with Crippen LogP contribution < -0.4 is 5.32 Å². The van der Waals surface area contributed by atoms with Crippen LogP contribution in [-0.4, -0.2) is 29.7 Å². The lowest BCUT2D eigenvalue weighted by molar-refractivity contribution is -0.147. The molecule has 2 aromatic carbocycles. The highest BCUT2D eigenvalue weighted by atomic mass is 35.5. The second-order valence-corrected chi connectivity index (χ2v) is 7.91. The van der Waals surface area contributed by atoms with E-state index in [1.54, 1.807) is 62.4 Å². The number of nitriles is 1. The first kappa shape index (κ1) is 22.4. The van der Waals surface area contributed by atoms with Crippen molar-refractivity contribution in [2.75, 3.05) is 6.61 Å². The summed E-state index contributed by atoms with van der Waals surface area (Å²) in [6.07, 6.45) is 0.0481. The van der Waals surface area contributed by atoms with Crippen LogP contribution in [0.15, 0.2) is 65.9 Å². The second kappa shape index (κ2) is 9.23. The Morgan fingerprint density at radius 2 is 1.94 bits per heavy atom. The van der Waals surface area contributed by atoms with Gasteiger partial charge in [-0.15, -0.1) is 0 Å². The minimum absolute atomic E-state index is 0.0481. The van der Waals surface area contributed by atoms with E-state index in [0.717, 1.165) is 0 Å². The van der Waals surface area contributed by atoms with Crippen molar-refractivity contribution >= 4 is 23.5 Å². The number of carboxylic acid groups (broad SMARTS) is 1. The molecule has 0 saturated carbocycles. The molecule has 3 atom stereocenters. The Morgan fingerprint density at radius 1 is 1.23 bits per heavy atom. The molecule has 0 aliphatic carbocycles. The zero-order valence-corrected chi connectivity index (χ0v) is 18.0. The predicted octanol–water partition coefficient (Wildman–Crippen LogP) is 4.17. The molecule has 1 aliphatic rings. The number of benzene rings is 2. The fraction of sp³-hybridized carbons (Fsp3) is 0.292. The molecule has 0 spiro atoms. The Bertz CT molecular complexity index is 1060. The van der Waals surface area contributed by atoms with E-state index in [1.807, 2.05) is 12.1 Å². The van der Waals surface area contributed by atoms with Crippen molar-refractivity contribution in [1.82, 2.24) is 5.32 Å². The standard InChI is InChI=1S/C24H23ClN2O4/c1-15-20(22(28)31-13-7-12-26)21(17-8-6-11-19(25)14-17)24(23(29)30,16(2)27-15)18-9-4-3-5-10-18/h3-6,8-11,14,16,21,27H,7,13H2,1-2H3,(H,29,30). The first-order valence-corrected chi connectivity index (χ1v) is 10.3. The van der Waals surface area contributed by atoms with Gasteiger partial charge in [-0.1, -0.05) is 54.1 Å². The van der Waals surface area contributed by atoms with Crippen molar-refractivity contribution < 1.29 is 19.4 Å². The molecule has 1 heterocycles. The molecule has 3 unspecified atom stereocenters. The van der Waals surface area contributed by atoms with Gasteiger partial charge in [-0.25, -0.2) is 4.79 Å². The molecule has 0 aromatic heterocycles. The Morgan fingerprint density at radius 3 is 2.55 bits per heavy atom. The summed E-state index contributed by atoms with van der Waals surface area (Å²) in [4.78, 5) is 26.1. The van der Waals surface area contributed by atoms with Crippen LogP contribution in [0.25, 0.3) is 0 Å². The topological polar surface area (TPSA) is 99.4 Å². The number of rotatable bonds is 6. The van der Waals surface area contributed by atoms with E-state index in [2.05, 4.69) is 5.32 Å². The fourth-order valence-corrected chi connectivity index (χ4v) is 4.63. The lowest BCUT2D eigenvalue weighted by atomic mass is 9.59. The smallest absolute Gasteiger partial charge is 0.336 e. The minimum atomic E-state index is -1.50. The predicted molar refractivity (Wildman–Crippen MR) is 116 cm³/mol. The van der Waals surface area contributed by atoms with Crippen molar-refractivity contribution in [2.24, 2.45) is 0 Å². The number of carboxylic acids is 1. The van der Waals surface area contributed by atoms with Crippen LogP contribution in [0.4, 0.5) is 0 Å². The van der Waals surface area contributed by atoms with E-state index in [9.17, 15) is 14.7 Å². The van der Waals surface area contributed by atoms with Crippen molar-refractivity contribution in [2.45, 2.75) is 37.6 Å². The molecule has 2 N–H and O–H groups in total. The molecule has 7 heteroatoms. The van der Waals surface area contributed by atoms with E-state index < -0.39 is 29.3 Å². The number of nitrogens with one attached hydrogen (secondary N) is 1. The molecule has 31 heavy (non-hydrogen) atoms. The van der Waals surface area contributed by atoms with E-state index in [1.165, 1.54) is 0 Å². The fourth-order valence-electron chi connectivity index (χ4n) is 4.43. The van der Waals surface area contributed by atoms with E-state index >= 15 is 0 Å². The highest BCUT2D eigenvalue weighted by Crippen LogP contribution is 2.50. The Hall–Kier alpha value is -3.30. The summed E-state index contributed by atoms with van der Waals surface area (Å²) >= 11 is 6.25. The van der Waals surface area contributed by atoms with Gasteiger partial charge in [0, 0.05) is 22.7 Å². The SMILES string of the molecule is CC1=C(C(=O)OCCC#N)C(c2cccc(Cl)c2)C(C(=O)O)(c2ccccc2)C(C)N1. The molecule has 1 aliphatic heterocycles. The maximum absolute atomic E-state index is 13.1. The van der Waals surface area contributed by atoms with Crippen LogP contribution in [0.5, 0.6) is 0 Å². The normalized spacial score (nSPS) is 22.9. The monoisotopic (exact) mass is 438 g/mol. The molecule has 160 valence electrons. The zero-order chi connectivity index (χ0) is 22.6. The summed E-state index contributed by atoms with van der Waals surface area (Å²) in [6, 6.07) is 17.1. The van der Waals surface area contributed by atoms with Gasteiger partial charge < -0.3 is 15.2 Å². The molecular weight excluding hydrogens is 416 g/mol. The lowest BCUT2D eigenvalue weighted by Gasteiger charge is -2.47.